The van der Waals surface area contributed by atoms with Gasteiger partial charge in [-0.2, -0.15) is 0 Å². The largest absolute Gasteiger partial charge is 0.481 e. The van der Waals surface area contributed by atoms with Crippen molar-refractivity contribution in [3.63, 3.8) is 0 Å². The Morgan fingerprint density at radius 3 is 1.63 bits per heavy atom. The molecule has 0 spiro atoms. The van der Waals surface area contributed by atoms with Gasteiger partial charge in [-0.3, -0.25) is 19.2 Å². The maximum Gasteiger partial charge on any atom is 0.333 e. The van der Waals surface area contributed by atoms with Gasteiger partial charge in [-0.05, 0) is 27.2 Å². The van der Waals surface area contributed by atoms with E-state index in [-0.39, 0.29) is 49.8 Å². The number of carboxylic acid groups (broad SMARTS) is 1. The molecule has 0 saturated carbocycles. The van der Waals surface area contributed by atoms with Crippen LogP contribution in [0, 0.1) is 0 Å². The van der Waals surface area contributed by atoms with Crippen LogP contribution in [-0.4, -0.2) is 60.4 Å². The van der Waals surface area contributed by atoms with Gasteiger partial charge in [-0.25, -0.2) is 9.59 Å². The van der Waals surface area contributed by atoms with E-state index in [9.17, 15) is 28.8 Å². The Kier molecular flexibility index (Phi) is 16.0. The van der Waals surface area contributed by atoms with Gasteiger partial charge < -0.3 is 19.3 Å². The summed E-state index contributed by atoms with van der Waals surface area (Å²) in [6, 6.07) is 0. The Hall–Kier alpha value is -3.30. The van der Waals surface area contributed by atoms with Crippen molar-refractivity contribution >= 4 is 35.4 Å². The van der Waals surface area contributed by atoms with Crippen molar-refractivity contribution in [2.45, 2.75) is 46.5 Å². The highest BCUT2D eigenvalue weighted by Gasteiger charge is 2.09. The minimum Gasteiger partial charge on any atom is -0.481 e. The molecule has 0 aromatic heterocycles. The van der Waals surface area contributed by atoms with E-state index in [1.807, 2.05) is 0 Å². The first-order chi connectivity index (χ1) is 13.9. The van der Waals surface area contributed by atoms with Crippen LogP contribution in [0.15, 0.2) is 24.3 Å². The number of esters is 3. The average molecular weight is 428 g/mol. The standard InChI is InChI=1S/2C10H14O5/c1-7(2)10(13)15-5-4-14-9(12)6-8(3)11;1-7(2)10(14)15-5-3-4-8(11)6-9(12)13/h1,4-6H2,2-3H3;1,3-6H2,2H3,(H,12,13). The van der Waals surface area contributed by atoms with Crippen LogP contribution in [0.2, 0.25) is 0 Å². The summed E-state index contributed by atoms with van der Waals surface area (Å²) in [5.74, 6) is -3.42. The van der Waals surface area contributed by atoms with Crippen LogP contribution in [0.5, 0.6) is 0 Å². The van der Waals surface area contributed by atoms with Crippen molar-refractivity contribution in [2.24, 2.45) is 0 Å². The van der Waals surface area contributed by atoms with Crippen molar-refractivity contribution in [3.8, 4) is 0 Å². The molecule has 0 bridgehead atoms. The maximum atomic E-state index is 10.9. The number of aliphatic carboxylic acids is 1. The summed E-state index contributed by atoms with van der Waals surface area (Å²) in [4.78, 5) is 64.0. The van der Waals surface area contributed by atoms with Gasteiger partial charge in [0.1, 0.15) is 37.6 Å². The summed E-state index contributed by atoms with van der Waals surface area (Å²) in [6.45, 7) is 11.1. The number of ketones is 2. The summed E-state index contributed by atoms with van der Waals surface area (Å²) < 4.78 is 14.0. The fourth-order valence-electron chi connectivity index (χ4n) is 1.48. The highest BCUT2D eigenvalue weighted by Crippen LogP contribution is 1.99. The summed E-state index contributed by atoms with van der Waals surface area (Å²) >= 11 is 0. The molecule has 1 N–H and O–H groups in total. The van der Waals surface area contributed by atoms with Crippen LogP contribution >= 0.6 is 0 Å². The van der Waals surface area contributed by atoms with E-state index in [0.717, 1.165) is 0 Å². The predicted octanol–water partition coefficient (Wildman–Crippen LogP) is 1.56. The number of carboxylic acids is 1. The molecule has 10 heteroatoms. The molecule has 0 aromatic rings. The lowest BCUT2D eigenvalue weighted by molar-refractivity contribution is -0.151. The first-order valence-electron chi connectivity index (χ1n) is 8.90. The summed E-state index contributed by atoms with van der Waals surface area (Å²) in [6.07, 6.45) is -0.288. The molecule has 0 saturated heterocycles. The molecule has 0 aliphatic rings. The Labute approximate surface area is 174 Å². The molecule has 0 aromatic carbocycles. The Bertz CT molecular complexity index is 617. The normalized spacial score (nSPS) is 9.30. The second kappa shape index (κ2) is 16.6. The minimum absolute atomic E-state index is 0.0324. The van der Waals surface area contributed by atoms with Crippen LogP contribution in [0.1, 0.15) is 46.5 Å². The third-order valence-electron chi connectivity index (χ3n) is 2.85. The van der Waals surface area contributed by atoms with E-state index in [2.05, 4.69) is 22.6 Å². The predicted molar refractivity (Wildman–Crippen MR) is 104 cm³/mol. The van der Waals surface area contributed by atoms with Crippen LogP contribution in [-0.2, 0) is 43.0 Å². The molecule has 168 valence electrons. The molecule has 0 rings (SSSR count). The lowest BCUT2D eigenvalue weighted by Gasteiger charge is -2.05. The topological polar surface area (TPSA) is 150 Å². The Morgan fingerprint density at radius 1 is 0.733 bits per heavy atom. The molecule has 0 aliphatic carbocycles. The molecule has 0 aliphatic heterocycles. The number of hydrogen-bond acceptors (Lipinski definition) is 9. The van der Waals surface area contributed by atoms with Crippen molar-refractivity contribution in [1.29, 1.82) is 0 Å². The van der Waals surface area contributed by atoms with Crippen molar-refractivity contribution in [1.82, 2.24) is 0 Å². The minimum atomic E-state index is -1.14. The first-order valence-corrected chi connectivity index (χ1v) is 8.90. The number of rotatable bonds is 13. The number of carbonyl (C=O) groups excluding carboxylic acids is 5. The lowest BCUT2D eigenvalue weighted by atomic mass is 10.2. The van der Waals surface area contributed by atoms with E-state index in [0.29, 0.717) is 12.0 Å². The maximum absolute atomic E-state index is 10.9. The second-order valence-electron chi connectivity index (χ2n) is 6.14. The SMILES string of the molecule is C=C(C)C(=O)OCCCC(=O)CC(=O)O.C=C(C)C(=O)OCCOC(=O)CC(C)=O. The molecule has 0 atom stereocenters. The number of ether oxygens (including phenoxy) is 3. The average Bonchev–Trinajstić information content (AvgIpc) is 2.61. The van der Waals surface area contributed by atoms with Crippen LogP contribution in [0.3, 0.4) is 0 Å². The van der Waals surface area contributed by atoms with Crippen LogP contribution in [0.4, 0.5) is 0 Å². The van der Waals surface area contributed by atoms with Crippen molar-refractivity contribution in [2.75, 3.05) is 19.8 Å². The summed E-state index contributed by atoms with van der Waals surface area (Å²) in [5.41, 5.74) is 0.580. The molecule has 0 fully saturated rings. The zero-order valence-corrected chi connectivity index (χ0v) is 17.5. The number of carbonyl (C=O) groups is 6. The highest BCUT2D eigenvalue weighted by atomic mass is 16.6. The molecule has 10 nitrogen and oxygen atoms in total. The second-order valence-corrected chi connectivity index (χ2v) is 6.14. The van der Waals surface area contributed by atoms with Gasteiger partial charge in [0.25, 0.3) is 0 Å². The summed E-state index contributed by atoms with van der Waals surface area (Å²) in [7, 11) is 0. The van der Waals surface area contributed by atoms with Crippen LogP contribution in [0.25, 0.3) is 0 Å². The van der Waals surface area contributed by atoms with E-state index < -0.39 is 30.3 Å². The van der Waals surface area contributed by atoms with E-state index in [1.54, 1.807) is 0 Å². The molecular formula is C20H28O10. The fourth-order valence-corrected chi connectivity index (χ4v) is 1.48. The number of hydrogen-bond donors (Lipinski definition) is 1. The molecular weight excluding hydrogens is 400 g/mol. The van der Waals surface area contributed by atoms with Gasteiger partial charge in [0.05, 0.1) is 6.61 Å². The van der Waals surface area contributed by atoms with Gasteiger partial charge >= 0.3 is 23.9 Å². The Balaban J connectivity index is 0. The monoisotopic (exact) mass is 428 g/mol. The van der Waals surface area contributed by atoms with Crippen molar-refractivity contribution in [3.05, 3.63) is 24.3 Å². The third kappa shape index (κ3) is 19.5. The van der Waals surface area contributed by atoms with Gasteiger partial charge in [-0.15, -0.1) is 0 Å². The molecule has 0 heterocycles. The zero-order valence-electron chi connectivity index (χ0n) is 17.5. The smallest absolute Gasteiger partial charge is 0.333 e. The van der Waals surface area contributed by atoms with Gasteiger partial charge in [0.2, 0.25) is 0 Å². The molecule has 0 amide bonds. The molecule has 0 radical (unpaired) electrons. The number of Topliss-reactive ketones (excluding diaryl/α,β-unsaturated/α-hetero) is 2. The van der Waals surface area contributed by atoms with Gasteiger partial charge in [0, 0.05) is 17.6 Å². The third-order valence-corrected chi connectivity index (χ3v) is 2.85. The quantitative estimate of drug-likeness (QED) is 0.150. The first kappa shape index (κ1) is 28.9. The van der Waals surface area contributed by atoms with Crippen LogP contribution < -0.4 is 0 Å². The molecule has 0 unspecified atom stereocenters. The Morgan fingerprint density at radius 2 is 1.20 bits per heavy atom. The summed E-state index contributed by atoms with van der Waals surface area (Å²) in [5, 5.41) is 8.28. The highest BCUT2D eigenvalue weighted by molar-refractivity contribution is 5.95. The van der Waals surface area contributed by atoms with E-state index in [1.165, 1.54) is 20.8 Å². The molecule has 30 heavy (non-hydrogen) atoms. The van der Waals surface area contributed by atoms with E-state index in [4.69, 9.17) is 9.84 Å². The van der Waals surface area contributed by atoms with Crippen molar-refractivity contribution < 1.29 is 48.1 Å². The van der Waals surface area contributed by atoms with Gasteiger partial charge in [0.15, 0.2) is 0 Å². The zero-order chi connectivity index (χ0) is 23.7. The van der Waals surface area contributed by atoms with Gasteiger partial charge in [-0.1, -0.05) is 13.2 Å². The fraction of sp³-hybridized carbons (Fsp3) is 0.500. The van der Waals surface area contributed by atoms with E-state index >= 15 is 0 Å². The lowest BCUT2D eigenvalue weighted by Crippen LogP contribution is -2.15.